The maximum absolute atomic E-state index is 12.5. The van der Waals surface area contributed by atoms with E-state index in [9.17, 15) is 9.59 Å². The van der Waals surface area contributed by atoms with Gasteiger partial charge in [-0.25, -0.2) is 0 Å². The fraction of sp³-hybridized carbons (Fsp3) is 0.0588. The number of rotatable bonds is 7. The summed E-state index contributed by atoms with van der Waals surface area (Å²) in [6, 6.07) is 39.7. The molecule has 0 aliphatic carbocycles. The Kier molecular flexibility index (Phi) is 7.90. The lowest BCUT2D eigenvalue weighted by Gasteiger charge is -2.09. The second-order valence-electron chi connectivity index (χ2n) is 9.58. The van der Waals surface area contributed by atoms with Crippen LogP contribution in [0.25, 0.3) is 45.0 Å². The highest BCUT2D eigenvalue weighted by Gasteiger charge is 2.19. The van der Waals surface area contributed by atoms with Crippen molar-refractivity contribution in [3.05, 3.63) is 121 Å². The fourth-order valence-corrected chi connectivity index (χ4v) is 7.11. The summed E-state index contributed by atoms with van der Waals surface area (Å²) in [7, 11) is 3.24. The highest BCUT2D eigenvalue weighted by Crippen LogP contribution is 2.45. The number of hydrogen-bond acceptors (Lipinski definition) is 6. The van der Waals surface area contributed by atoms with Gasteiger partial charge in [0.05, 0.1) is 22.8 Å². The summed E-state index contributed by atoms with van der Waals surface area (Å²) in [5.41, 5.74) is 6.72. The second kappa shape index (κ2) is 12.1. The van der Waals surface area contributed by atoms with Gasteiger partial charge in [0.15, 0.2) is 0 Å². The van der Waals surface area contributed by atoms with Crippen LogP contribution in [0.1, 0.15) is 23.4 Å². The molecule has 0 saturated heterocycles. The Morgan fingerprint density at radius 2 is 0.881 bits per heavy atom. The van der Waals surface area contributed by atoms with Crippen LogP contribution in [0, 0.1) is 0 Å². The van der Waals surface area contributed by atoms with Gasteiger partial charge < -0.3 is 0 Å². The maximum atomic E-state index is 12.5. The van der Waals surface area contributed by atoms with Crippen molar-refractivity contribution >= 4 is 33.4 Å². The van der Waals surface area contributed by atoms with Crippen molar-refractivity contribution in [2.24, 2.45) is 0 Å². The average Bonchev–Trinajstić information content (AvgIpc) is 3.68. The van der Waals surface area contributed by atoms with Crippen LogP contribution in [0.3, 0.4) is 0 Å². The highest BCUT2D eigenvalue weighted by molar-refractivity contribution is 8.76. The van der Waals surface area contributed by atoms with Crippen LogP contribution in [0.4, 0.5) is 0 Å². The van der Waals surface area contributed by atoms with Gasteiger partial charge in [-0.3, -0.25) is 9.59 Å². The van der Waals surface area contributed by atoms with Gasteiger partial charge in [-0.15, -0.1) is 0 Å². The predicted molar refractivity (Wildman–Crippen MR) is 171 cm³/mol. The van der Waals surface area contributed by atoms with E-state index in [0.717, 1.165) is 54.8 Å². The highest BCUT2D eigenvalue weighted by atomic mass is 33.1. The smallest absolute Gasteiger partial charge is 0.244 e. The van der Waals surface area contributed by atoms with Crippen molar-refractivity contribution in [1.29, 1.82) is 0 Å². The minimum Gasteiger partial charge on any atom is -0.273 e. The van der Waals surface area contributed by atoms with Gasteiger partial charge in [0, 0.05) is 45.9 Å². The van der Waals surface area contributed by atoms with E-state index in [1.165, 1.54) is 23.2 Å². The van der Waals surface area contributed by atoms with Crippen molar-refractivity contribution in [2.45, 2.75) is 23.6 Å². The summed E-state index contributed by atoms with van der Waals surface area (Å²) < 4.78 is 2.93. The molecule has 8 heteroatoms. The number of carbonyl (C=O) groups is 2. The van der Waals surface area contributed by atoms with Crippen LogP contribution in [-0.4, -0.2) is 31.4 Å². The Hall–Kier alpha value is -4.66. The zero-order chi connectivity index (χ0) is 29.1. The quantitative estimate of drug-likeness (QED) is 0.174. The first-order valence-corrected chi connectivity index (χ1v) is 15.5. The third kappa shape index (κ3) is 5.59. The normalized spacial score (nSPS) is 11.0. The van der Waals surface area contributed by atoms with Crippen molar-refractivity contribution < 1.29 is 9.59 Å². The standard InChI is InChI=1S/C34H26N4O2S2/c1-23(39)37-31(25-13-5-3-6-14-25)21-29(35-37)27-17-9-11-19-33(27)41-42-34-20-12-10-18-28(34)30-22-32(38(36-30)24(2)40)26-15-7-4-8-16-26/h3-22H,1-2H3. The number of aromatic nitrogens is 4. The lowest BCUT2D eigenvalue weighted by atomic mass is 10.1. The number of benzene rings is 4. The molecule has 4 aromatic carbocycles. The second-order valence-corrected chi connectivity index (χ2v) is 11.8. The summed E-state index contributed by atoms with van der Waals surface area (Å²) >= 11 is 0. The van der Waals surface area contributed by atoms with E-state index >= 15 is 0 Å². The first-order chi connectivity index (χ1) is 20.5. The van der Waals surface area contributed by atoms with E-state index in [-0.39, 0.29) is 11.8 Å². The van der Waals surface area contributed by atoms with Crippen molar-refractivity contribution in [3.8, 4) is 45.0 Å². The summed E-state index contributed by atoms with van der Waals surface area (Å²) in [5.74, 6) is -0.290. The molecular formula is C34H26N4O2S2. The van der Waals surface area contributed by atoms with E-state index in [1.807, 2.05) is 109 Å². The molecule has 0 aliphatic heterocycles. The molecule has 0 spiro atoms. The SMILES string of the molecule is CC(=O)n1nc(-c2ccccc2SSc2ccccc2-c2cc(-c3ccccc3)n(C(C)=O)n2)cc1-c1ccccc1. The van der Waals surface area contributed by atoms with Crippen molar-refractivity contribution in [3.63, 3.8) is 0 Å². The monoisotopic (exact) mass is 586 g/mol. The van der Waals surface area contributed by atoms with E-state index in [1.54, 1.807) is 21.6 Å². The number of carbonyl (C=O) groups excluding carboxylic acids is 2. The molecule has 0 bridgehead atoms. The molecule has 2 aromatic heterocycles. The van der Waals surface area contributed by atoms with Gasteiger partial charge in [-0.2, -0.15) is 19.6 Å². The van der Waals surface area contributed by atoms with Gasteiger partial charge in [-0.1, -0.05) is 119 Å². The van der Waals surface area contributed by atoms with Gasteiger partial charge in [0.2, 0.25) is 11.8 Å². The molecule has 42 heavy (non-hydrogen) atoms. The Morgan fingerprint density at radius 3 is 1.26 bits per heavy atom. The van der Waals surface area contributed by atoms with Crippen LogP contribution in [-0.2, 0) is 0 Å². The summed E-state index contributed by atoms with van der Waals surface area (Å²) in [4.78, 5) is 27.0. The van der Waals surface area contributed by atoms with E-state index in [2.05, 4.69) is 12.1 Å². The topological polar surface area (TPSA) is 69.8 Å². The molecule has 206 valence electrons. The molecule has 0 amide bonds. The molecule has 6 nitrogen and oxygen atoms in total. The minimum atomic E-state index is -0.145. The largest absolute Gasteiger partial charge is 0.273 e. The molecule has 0 fully saturated rings. The molecule has 2 heterocycles. The molecule has 6 rings (SSSR count). The molecule has 6 aromatic rings. The molecule has 0 N–H and O–H groups in total. The Morgan fingerprint density at radius 1 is 0.524 bits per heavy atom. The van der Waals surface area contributed by atoms with Gasteiger partial charge in [-0.05, 0) is 24.3 Å². The summed E-state index contributed by atoms with van der Waals surface area (Å²) in [5, 5.41) is 9.39. The molecule has 0 unspecified atom stereocenters. The van der Waals surface area contributed by atoms with Gasteiger partial charge >= 0.3 is 0 Å². The Bertz CT molecular complexity index is 1760. The van der Waals surface area contributed by atoms with Gasteiger partial charge in [0.25, 0.3) is 0 Å². The Balaban J connectivity index is 1.33. The van der Waals surface area contributed by atoms with E-state index in [4.69, 9.17) is 10.2 Å². The van der Waals surface area contributed by atoms with Crippen LogP contribution in [0.2, 0.25) is 0 Å². The molecule has 0 radical (unpaired) electrons. The first kappa shape index (κ1) is 27.5. The first-order valence-electron chi connectivity index (χ1n) is 13.4. The summed E-state index contributed by atoms with van der Waals surface area (Å²) in [6.45, 7) is 3.04. The molecule has 0 atom stereocenters. The lowest BCUT2D eigenvalue weighted by Crippen LogP contribution is -2.09. The molecular weight excluding hydrogens is 561 g/mol. The number of hydrogen-bond donors (Lipinski definition) is 0. The van der Waals surface area contributed by atoms with Gasteiger partial charge in [0.1, 0.15) is 0 Å². The zero-order valence-corrected chi connectivity index (χ0v) is 24.6. The van der Waals surface area contributed by atoms with E-state index in [0.29, 0.717) is 0 Å². The Labute approximate surface area is 251 Å². The molecule has 0 aliphatic rings. The number of nitrogens with zero attached hydrogens (tertiary/aromatic N) is 4. The third-order valence-electron chi connectivity index (χ3n) is 6.70. The average molecular weight is 587 g/mol. The minimum absolute atomic E-state index is 0.145. The lowest BCUT2D eigenvalue weighted by molar-refractivity contribution is 0.0915. The summed E-state index contributed by atoms with van der Waals surface area (Å²) in [6.07, 6.45) is 0. The van der Waals surface area contributed by atoms with Crippen LogP contribution < -0.4 is 0 Å². The molecule has 0 saturated carbocycles. The maximum Gasteiger partial charge on any atom is 0.244 e. The fourth-order valence-electron chi connectivity index (χ4n) is 4.73. The van der Waals surface area contributed by atoms with Crippen LogP contribution >= 0.6 is 21.6 Å². The van der Waals surface area contributed by atoms with Crippen molar-refractivity contribution in [1.82, 2.24) is 19.6 Å². The third-order valence-corrected chi connectivity index (χ3v) is 9.18. The van der Waals surface area contributed by atoms with Crippen LogP contribution in [0.15, 0.2) is 131 Å². The van der Waals surface area contributed by atoms with E-state index < -0.39 is 0 Å². The van der Waals surface area contributed by atoms with Crippen LogP contribution in [0.5, 0.6) is 0 Å². The zero-order valence-electron chi connectivity index (χ0n) is 23.0. The predicted octanol–water partition coefficient (Wildman–Crippen LogP) is 8.87. The van der Waals surface area contributed by atoms with Crippen molar-refractivity contribution in [2.75, 3.05) is 0 Å².